The molecule has 0 fully saturated rings. The van der Waals surface area contributed by atoms with E-state index in [0.717, 1.165) is 15.1 Å². The van der Waals surface area contributed by atoms with Gasteiger partial charge in [-0.05, 0) is 28.1 Å². The standard InChI is InChI=1S/C8H7BrN2O3S2/c9-7-1-2-8(15-7)16(12,13)11-5-6-3-4-10-14-6/h1-4,11H,5H2. The summed E-state index contributed by atoms with van der Waals surface area (Å²) in [5, 5.41) is 3.48. The van der Waals surface area contributed by atoms with E-state index >= 15 is 0 Å². The van der Waals surface area contributed by atoms with Crippen molar-refractivity contribution in [1.82, 2.24) is 9.88 Å². The zero-order valence-electron chi connectivity index (χ0n) is 7.88. The maximum Gasteiger partial charge on any atom is 0.250 e. The first-order valence-electron chi connectivity index (χ1n) is 4.22. The molecule has 1 N–H and O–H groups in total. The van der Waals surface area contributed by atoms with Gasteiger partial charge in [0.2, 0.25) is 10.0 Å². The first-order valence-corrected chi connectivity index (χ1v) is 7.32. The molecule has 0 spiro atoms. The smallest absolute Gasteiger partial charge is 0.250 e. The molecule has 0 saturated carbocycles. The highest BCUT2D eigenvalue weighted by atomic mass is 79.9. The van der Waals surface area contributed by atoms with Gasteiger partial charge in [0.05, 0.1) is 16.5 Å². The number of thiophene rings is 1. The summed E-state index contributed by atoms with van der Waals surface area (Å²) in [5.41, 5.74) is 0. The lowest BCUT2D eigenvalue weighted by Crippen LogP contribution is -2.22. The first-order chi connectivity index (χ1) is 7.58. The van der Waals surface area contributed by atoms with Gasteiger partial charge < -0.3 is 4.52 Å². The van der Waals surface area contributed by atoms with Crippen LogP contribution in [0, 0.1) is 0 Å². The molecule has 5 nitrogen and oxygen atoms in total. The zero-order valence-corrected chi connectivity index (χ0v) is 11.1. The van der Waals surface area contributed by atoms with Gasteiger partial charge in [0.15, 0.2) is 5.76 Å². The third-order valence-corrected chi connectivity index (χ3v) is 5.26. The van der Waals surface area contributed by atoms with Gasteiger partial charge in [-0.1, -0.05) is 5.16 Å². The van der Waals surface area contributed by atoms with Crippen LogP contribution in [-0.2, 0) is 16.6 Å². The Morgan fingerprint density at radius 1 is 1.44 bits per heavy atom. The van der Waals surface area contributed by atoms with E-state index in [1.54, 1.807) is 12.1 Å². The molecule has 2 rings (SSSR count). The highest BCUT2D eigenvalue weighted by Crippen LogP contribution is 2.25. The summed E-state index contributed by atoms with van der Waals surface area (Å²) in [7, 11) is -3.46. The zero-order chi connectivity index (χ0) is 11.6. The van der Waals surface area contributed by atoms with E-state index in [-0.39, 0.29) is 10.8 Å². The number of hydrogen-bond acceptors (Lipinski definition) is 5. The Morgan fingerprint density at radius 2 is 2.25 bits per heavy atom. The van der Waals surface area contributed by atoms with E-state index in [1.165, 1.54) is 12.3 Å². The second kappa shape index (κ2) is 4.66. The molecule has 0 unspecified atom stereocenters. The van der Waals surface area contributed by atoms with Crippen LogP contribution in [-0.4, -0.2) is 13.6 Å². The fourth-order valence-electron chi connectivity index (χ4n) is 1.01. The number of aromatic nitrogens is 1. The predicted octanol–water partition coefficient (Wildman–Crippen LogP) is 1.98. The van der Waals surface area contributed by atoms with Gasteiger partial charge in [0.1, 0.15) is 4.21 Å². The molecule has 0 radical (unpaired) electrons. The summed E-state index contributed by atoms with van der Waals surface area (Å²) in [4.78, 5) is 0. The Kier molecular flexibility index (Phi) is 3.43. The van der Waals surface area contributed by atoms with Crippen molar-refractivity contribution in [3.05, 3.63) is 33.9 Å². The summed E-state index contributed by atoms with van der Waals surface area (Å²) in [6.45, 7) is 0.0951. The van der Waals surface area contributed by atoms with Crippen LogP contribution >= 0.6 is 27.3 Å². The SMILES string of the molecule is O=S(=O)(NCc1ccno1)c1ccc(Br)s1. The molecule has 0 aliphatic heterocycles. The monoisotopic (exact) mass is 322 g/mol. The van der Waals surface area contributed by atoms with Crippen molar-refractivity contribution in [2.75, 3.05) is 0 Å². The number of sulfonamides is 1. The van der Waals surface area contributed by atoms with Gasteiger partial charge >= 0.3 is 0 Å². The quantitative estimate of drug-likeness (QED) is 0.934. The van der Waals surface area contributed by atoms with Crippen molar-refractivity contribution < 1.29 is 12.9 Å². The van der Waals surface area contributed by atoms with Gasteiger partial charge in [-0.3, -0.25) is 0 Å². The second-order valence-electron chi connectivity index (χ2n) is 2.86. The van der Waals surface area contributed by atoms with Crippen LogP contribution in [0.1, 0.15) is 5.76 Å². The molecule has 2 heterocycles. The van der Waals surface area contributed by atoms with Crippen LogP contribution in [0.4, 0.5) is 0 Å². The van der Waals surface area contributed by atoms with Crippen LogP contribution in [0.3, 0.4) is 0 Å². The molecule has 8 heteroatoms. The van der Waals surface area contributed by atoms with E-state index in [4.69, 9.17) is 4.52 Å². The molecular weight excluding hydrogens is 316 g/mol. The Labute approximate surface area is 105 Å². The van der Waals surface area contributed by atoms with Crippen molar-refractivity contribution in [3.8, 4) is 0 Å². The summed E-state index contributed by atoms with van der Waals surface area (Å²) in [5.74, 6) is 0.471. The Hall–Kier alpha value is -0.700. The Balaban J connectivity index is 2.09. The van der Waals surface area contributed by atoms with Crippen LogP contribution in [0.15, 0.2) is 36.9 Å². The molecule has 0 saturated heterocycles. The molecule has 2 aromatic heterocycles. The lowest BCUT2D eigenvalue weighted by Gasteiger charge is -2.01. The fourth-order valence-corrected chi connectivity index (χ4v) is 4.06. The average molecular weight is 323 g/mol. The fraction of sp³-hybridized carbons (Fsp3) is 0.125. The normalized spacial score (nSPS) is 11.8. The highest BCUT2D eigenvalue weighted by molar-refractivity contribution is 9.11. The van der Waals surface area contributed by atoms with Crippen molar-refractivity contribution in [2.45, 2.75) is 10.8 Å². The van der Waals surface area contributed by atoms with Crippen LogP contribution in [0.2, 0.25) is 0 Å². The molecule has 16 heavy (non-hydrogen) atoms. The molecule has 0 aliphatic carbocycles. The van der Waals surface area contributed by atoms with Gasteiger partial charge in [0.25, 0.3) is 0 Å². The second-order valence-corrected chi connectivity index (χ2v) is 7.32. The highest BCUT2D eigenvalue weighted by Gasteiger charge is 2.16. The van der Waals surface area contributed by atoms with Crippen molar-refractivity contribution in [1.29, 1.82) is 0 Å². The molecular formula is C8H7BrN2O3S2. The summed E-state index contributed by atoms with van der Waals surface area (Å²) in [6, 6.07) is 4.83. The minimum Gasteiger partial charge on any atom is -0.360 e. The third-order valence-electron chi connectivity index (χ3n) is 1.74. The molecule has 2 aromatic rings. The number of nitrogens with zero attached hydrogens (tertiary/aromatic N) is 1. The van der Waals surface area contributed by atoms with Crippen molar-refractivity contribution in [2.24, 2.45) is 0 Å². The van der Waals surface area contributed by atoms with E-state index < -0.39 is 10.0 Å². The lowest BCUT2D eigenvalue weighted by atomic mass is 10.5. The van der Waals surface area contributed by atoms with E-state index in [1.807, 2.05) is 0 Å². The van der Waals surface area contributed by atoms with Crippen molar-refractivity contribution in [3.63, 3.8) is 0 Å². The van der Waals surface area contributed by atoms with Gasteiger partial charge in [-0.15, -0.1) is 11.3 Å². The van der Waals surface area contributed by atoms with Crippen molar-refractivity contribution >= 4 is 37.3 Å². The first kappa shape index (κ1) is 11.8. The molecule has 0 aliphatic rings. The summed E-state index contributed by atoms with van der Waals surface area (Å²) >= 11 is 4.36. The summed E-state index contributed by atoms with van der Waals surface area (Å²) in [6.07, 6.45) is 1.46. The van der Waals surface area contributed by atoms with Gasteiger partial charge in [-0.25, -0.2) is 13.1 Å². The Morgan fingerprint density at radius 3 is 2.81 bits per heavy atom. The van der Waals surface area contributed by atoms with E-state index in [9.17, 15) is 8.42 Å². The van der Waals surface area contributed by atoms with Crippen LogP contribution in [0.25, 0.3) is 0 Å². The molecule has 0 aromatic carbocycles. The number of nitrogens with one attached hydrogen (secondary N) is 1. The molecule has 0 atom stereocenters. The topological polar surface area (TPSA) is 72.2 Å². The maximum absolute atomic E-state index is 11.8. The van der Waals surface area contributed by atoms with Gasteiger partial charge in [0, 0.05) is 6.07 Å². The molecule has 0 bridgehead atoms. The minimum absolute atomic E-state index is 0.0951. The molecule has 86 valence electrons. The minimum atomic E-state index is -3.46. The lowest BCUT2D eigenvalue weighted by molar-refractivity contribution is 0.380. The van der Waals surface area contributed by atoms with Crippen LogP contribution < -0.4 is 4.72 Å². The maximum atomic E-state index is 11.8. The van der Waals surface area contributed by atoms with Crippen LogP contribution in [0.5, 0.6) is 0 Å². The van der Waals surface area contributed by atoms with Gasteiger partial charge in [-0.2, -0.15) is 0 Å². The third kappa shape index (κ3) is 2.70. The summed E-state index contributed by atoms with van der Waals surface area (Å²) < 4.78 is 31.8. The van der Waals surface area contributed by atoms with E-state index in [0.29, 0.717) is 5.76 Å². The Bertz CT molecular complexity index is 562. The average Bonchev–Trinajstić information content (AvgIpc) is 2.85. The predicted molar refractivity (Wildman–Crippen MR) is 62.5 cm³/mol. The number of hydrogen-bond donors (Lipinski definition) is 1. The number of rotatable bonds is 4. The molecule has 0 amide bonds. The van der Waals surface area contributed by atoms with E-state index in [2.05, 4.69) is 25.8 Å². The number of halogens is 1. The largest absolute Gasteiger partial charge is 0.360 e.